The van der Waals surface area contributed by atoms with Crippen molar-refractivity contribution in [1.29, 1.82) is 0 Å². The van der Waals surface area contributed by atoms with Crippen molar-refractivity contribution < 1.29 is 28.1 Å². The maximum absolute atomic E-state index is 12.4. The molecule has 0 amide bonds. The van der Waals surface area contributed by atoms with Crippen LogP contribution in [0.15, 0.2) is 30.5 Å². The smallest absolute Gasteiger partial charge is 0.417 e. The van der Waals surface area contributed by atoms with Gasteiger partial charge in [0.2, 0.25) is 0 Å². The molecule has 11 heteroatoms. The number of aliphatic hydroxyl groups excluding tert-OH is 2. The lowest BCUT2D eigenvalue weighted by atomic mass is 10.0. The minimum atomic E-state index is -4.73. The molecule has 2 heterocycles. The average molecular weight is 423 g/mol. The van der Waals surface area contributed by atoms with Crippen molar-refractivity contribution in [3.05, 3.63) is 36.3 Å². The lowest BCUT2D eigenvalue weighted by molar-refractivity contribution is -0.210. The van der Waals surface area contributed by atoms with E-state index in [1.165, 1.54) is 16.8 Å². The van der Waals surface area contributed by atoms with E-state index in [1.54, 1.807) is 18.3 Å². The van der Waals surface area contributed by atoms with Crippen LogP contribution in [0.4, 0.5) is 13.2 Å². The number of alkyl halides is 3. The van der Waals surface area contributed by atoms with E-state index in [1.807, 2.05) is 0 Å². The number of hydrogen-bond acceptors (Lipinski definition) is 7. The van der Waals surface area contributed by atoms with Crippen molar-refractivity contribution in [3.8, 4) is 11.4 Å². The molecule has 0 aliphatic heterocycles. The zero-order valence-electron chi connectivity index (χ0n) is 15.8. The third-order valence-corrected chi connectivity index (χ3v) is 5.09. The second-order valence-corrected chi connectivity index (χ2v) is 7.40. The SMILES string of the molecule is O[C@@H]1CC[C@@H](Cc2ncc3nnn(-c4ccc(OC[C@H](O)C(F)(F)F)cc4)c3n2)C1. The topological polar surface area (TPSA) is 106 Å². The molecule has 8 nitrogen and oxygen atoms in total. The Labute approximate surface area is 169 Å². The van der Waals surface area contributed by atoms with E-state index in [0.717, 1.165) is 19.3 Å². The molecule has 1 saturated carbocycles. The van der Waals surface area contributed by atoms with Crippen LogP contribution in [-0.2, 0) is 6.42 Å². The molecule has 1 aromatic carbocycles. The summed E-state index contributed by atoms with van der Waals surface area (Å²) in [5.74, 6) is 1.16. The number of nitrogens with zero attached hydrogens (tertiary/aromatic N) is 5. The van der Waals surface area contributed by atoms with Crippen LogP contribution in [0, 0.1) is 5.92 Å². The monoisotopic (exact) mass is 423 g/mol. The standard InChI is InChI=1S/C19H20F3N5O3/c20-19(21,22)16(29)10-30-14-5-2-12(3-6-14)27-18-15(25-26-27)9-23-17(24-18)8-11-1-4-13(28)7-11/h2-3,5-6,9,11,13,16,28-29H,1,4,7-8,10H2/t11-,13-,16+/m1/s1. The van der Waals surface area contributed by atoms with E-state index in [9.17, 15) is 18.3 Å². The Morgan fingerprint density at radius 1 is 1.20 bits per heavy atom. The number of rotatable bonds is 6. The summed E-state index contributed by atoms with van der Waals surface area (Å²) in [5.41, 5.74) is 1.63. The van der Waals surface area contributed by atoms with E-state index in [-0.39, 0.29) is 11.9 Å². The van der Waals surface area contributed by atoms with Crippen LogP contribution in [0.2, 0.25) is 0 Å². The second-order valence-electron chi connectivity index (χ2n) is 7.40. The summed E-state index contributed by atoms with van der Waals surface area (Å²) < 4.78 is 43.6. The van der Waals surface area contributed by atoms with E-state index in [0.29, 0.717) is 35.0 Å². The maximum Gasteiger partial charge on any atom is 0.417 e. The Bertz CT molecular complexity index is 1010. The molecule has 2 aromatic heterocycles. The molecule has 0 bridgehead atoms. The van der Waals surface area contributed by atoms with Gasteiger partial charge in [0.25, 0.3) is 0 Å². The Morgan fingerprint density at radius 3 is 2.63 bits per heavy atom. The van der Waals surface area contributed by atoms with Crippen molar-refractivity contribution in [2.75, 3.05) is 6.61 Å². The Morgan fingerprint density at radius 2 is 1.97 bits per heavy atom. The first-order valence-electron chi connectivity index (χ1n) is 9.53. The van der Waals surface area contributed by atoms with Crippen molar-refractivity contribution >= 4 is 11.2 Å². The molecule has 0 unspecified atom stereocenters. The summed E-state index contributed by atoms with van der Waals surface area (Å²) in [7, 11) is 0. The molecule has 0 spiro atoms. The number of aliphatic hydroxyl groups is 2. The minimum Gasteiger partial charge on any atom is -0.491 e. The molecule has 30 heavy (non-hydrogen) atoms. The number of aromatic nitrogens is 5. The van der Waals surface area contributed by atoms with E-state index < -0.39 is 18.9 Å². The number of benzene rings is 1. The highest BCUT2D eigenvalue weighted by Gasteiger charge is 2.38. The molecule has 4 rings (SSSR count). The highest BCUT2D eigenvalue weighted by molar-refractivity contribution is 5.70. The molecule has 1 aliphatic carbocycles. The quantitative estimate of drug-likeness (QED) is 0.626. The number of halogens is 3. The largest absolute Gasteiger partial charge is 0.491 e. The first-order valence-corrected chi connectivity index (χ1v) is 9.53. The summed E-state index contributed by atoms with van der Waals surface area (Å²) in [4.78, 5) is 8.90. The summed E-state index contributed by atoms with van der Waals surface area (Å²) in [5, 5.41) is 26.8. The van der Waals surface area contributed by atoms with Crippen molar-refractivity contribution in [1.82, 2.24) is 25.0 Å². The zero-order valence-corrected chi connectivity index (χ0v) is 15.8. The van der Waals surface area contributed by atoms with Crippen molar-refractivity contribution in [3.63, 3.8) is 0 Å². The molecule has 0 radical (unpaired) electrons. The van der Waals surface area contributed by atoms with Crippen LogP contribution < -0.4 is 4.74 Å². The van der Waals surface area contributed by atoms with Crippen molar-refractivity contribution in [2.24, 2.45) is 5.92 Å². The first kappa shape index (κ1) is 20.5. The average Bonchev–Trinajstić information content (AvgIpc) is 3.31. The number of hydrogen-bond donors (Lipinski definition) is 2. The van der Waals surface area contributed by atoms with Gasteiger partial charge in [-0.1, -0.05) is 5.21 Å². The van der Waals surface area contributed by atoms with Gasteiger partial charge in [-0.15, -0.1) is 5.10 Å². The minimum absolute atomic E-state index is 0.182. The molecule has 1 aliphatic rings. The van der Waals surface area contributed by atoms with Gasteiger partial charge in [0.1, 0.15) is 18.2 Å². The van der Waals surface area contributed by atoms with Gasteiger partial charge in [-0.3, -0.25) is 0 Å². The van der Waals surface area contributed by atoms with Crippen LogP contribution in [0.5, 0.6) is 5.75 Å². The fraction of sp³-hybridized carbons (Fsp3) is 0.474. The summed E-state index contributed by atoms with van der Waals surface area (Å²) in [6.45, 7) is -0.887. The van der Waals surface area contributed by atoms with Gasteiger partial charge in [-0.05, 0) is 49.4 Å². The third-order valence-electron chi connectivity index (χ3n) is 5.09. The predicted molar refractivity (Wildman–Crippen MR) is 99.1 cm³/mol. The van der Waals surface area contributed by atoms with Crippen LogP contribution in [0.1, 0.15) is 25.1 Å². The Hall–Kier alpha value is -2.79. The molecule has 0 saturated heterocycles. The molecule has 2 N–H and O–H groups in total. The predicted octanol–water partition coefficient (Wildman–Crippen LogP) is 2.22. The van der Waals surface area contributed by atoms with Crippen LogP contribution >= 0.6 is 0 Å². The fourth-order valence-electron chi connectivity index (χ4n) is 3.48. The molecule has 160 valence electrons. The third kappa shape index (κ3) is 4.51. The lowest BCUT2D eigenvalue weighted by Crippen LogP contribution is -2.34. The summed E-state index contributed by atoms with van der Waals surface area (Å²) >= 11 is 0. The van der Waals surface area contributed by atoms with Gasteiger partial charge in [-0.2, -0.15) is 17.9 Å². The highest BCUT2D eigenvalue weighted by atomic mass is 19.4. The summed E-state index contributed by atoms with van der Waals surface area (Å²) in [6, 6.07) is 6.18. The first-order chi connectivity index (χ1) is 14.3. The Balaban J connectivity index is 1.49. The zero-order chi connectivity index (χ0) is 21.3. The van der Waals surface area contributed by atoms with Gasteiger partial charge in [0.05, 0.1) is 18.0 Å². The molecule has 3 atom stereocenters. The Kier molecular flexibility index (Phi) is 5.56. The normalized spacial score (nSPS) is 20.6. The molecular weight excluding hydrogens is 403 g/mol. The number of ether oxygens (including phenoxy) is 1. The van der Waals surface area contributed by atoms with Gasteiger partial charge in [0.15, 0.2) is 17.3 Å². The summed E-state index contributed by atoms with van der Waals surface area (Å²) in [6.07, 6.45) is -2.81. The van der Waals surface area contributed by atoms with Crippen LogP contribution in [0.25, 0.3) is 16.9 Å². The van der Waals surface area contributed by atoms with Gasteiger partial charge in [0, 0.05) is 6.42 Å². The molecule has 1 fully saturated rings. The lowest BCUT2D eigenvalue weighted by Gasteiger charge is -2.15. The van der Waals surface area contributed by atoms with Crippen LogP contribution in [-0.4, -0.2) is 60.2 Å². The maximum atomic E-state index is 12.4. The van der Waals surface area contributed by atoms with Crippen LogP contribution in [0.3, 0.4) is 0 Å². The molecular formula is C19H20F3N5O3. The van der Waals surface area contributed by atoms with E-state index in [4.69, 9.17) is 9.84 Å². The van der Waals surface area contributed by atoms with Gasteiger partial charge in [-0.25, -0.2) is 9.97 Å². The molecule has 3 aromatic rings. The van der Waals surface area contributed by atoms with E-state index >= 15 is 0 Å². The number of fused-ring (bicyclic) bond motifs is 1. The van der Waals surface area contributed by atoms with E-state index in [2.05, 4.69) is 20.3 Å². The second kappa shape index (κ2) is 8.15. The fourth-order valence-corrected chi connectivity index (χ4v) is 3.48. The van der Waals surface area contributed by atoms with Gasteiger partial charge < -0.3 is 14.9 Å². The van der Waals surface area contributed by atoms with Crippen molar-refractivity contribution in [2.45, 2.75) is 44.1 Å². The van der Waals surface area contributed by atoms with Gasteiger partial charge >= 0.3 is 6.18 Å². The highest BCUT2D eigenvalue weighted by Crippen LogP contribution is 2.28.